The molecule has 3 rings (SSSR count). The highest BCUT2D eigenvalue weighted by Crippen LogP contribution is 2.28. The van der Waals surface area contributed by atoms with Crippen LogP contribution < -0.4 is 11.1 Å². The summed E-state index contributed by atoms with van der Waals surface area (Å²) in [7, 11) is 0. The predicted molar refractivity (Wildman–Crippen MR) is 130 cm³/mol. The number of halogens is 1. The van der Waals surface area contributed by atoms with Crippen molar-refractivity contribution >= 4 is 23.6 Å². The van der Waals surface area contributed by atoms with Gasteiger partial charge in [0.2, 0.25) is 5.91 Å². The van der Waals surface area contributed by atoms with E-state index in [0.29, 0.717) is 16.2 Å². The number of amides is 2. The lowest BCUT2D eigenvalue weighted by Crippen LogP contribution is -2.31. The summed E-state index contributed by atoms with van der Waals surface area (Å²) in [6.45, 7) is 7.64. The van der Waals surface area contributed by atoms with E-state index in [2.05, 4.69) is 17.2 Å². The van der Waals surface area contributed by atoms with Crippen LogP contribution in [0.25, 0.3) is 0 Å². The fraction of sp³-hybridized carbons (Fsp3) is 0.269. The van der Waals surface area contributed by atoms with Crippen molar-refractivity contribution in [2.24, 2.45) is 5.73 Å². The molecule has 3 N–H and O–H groups in total. The molecule has 1 aromatic heterocycles. The summed E-state index contributed by atoms with van der Waals surface area (Å²) in [4.78, 5) is 29.4. The van der Waals surface area contributed by atoms with Crippen molar-refractivity contribution < 1.29 is 14.0 Å². The van der Waals surface area contributed by atoms with Gasteiger partial charge in [-0.15, -0.1) is 0 Å². The molecule has 172 valence electrons. The van der Waals surface area contributed by atoms with Crippen LogP contribution in [0.5, 0.6) is 0 Å². The van der Waals surface area contributed by atoms with Crippen molar-refractivity contribution in [2.75, 3.05) is 5.75 Å². The number of nitrogens with two attached hydrogens (primary N) is 1. The molecule has 0 saturated carbocycles. The number of primary amides is 1. The largest absolute Gasteiger partial charge is 0.366 e. The van der Waals surface area contributed by atoms with Gasteiger partial charge < -0.3 is 11.1 Å². The molecular formula is C26H28FN3O2S. The minimum Gasteiger partial charge on any atom is -0.366 e. The van der Waals surface area contributed by atoms with Gasteiger partial charge in [-0.3, -0.25) is 9.59 Å². The summed E-state index contributed by atoms with van der Waals surface area (Å²) in [6, 6.07) is 13.6. The maximum atomic E-state index is 13.9. The van der Waals surface area contributed by atoms with E-state index >= 15 is 0 Å². The number of aromatic nitrogens is 1. The van der Waals surface area contributed by atoms with Crippen LogP contribution in [0.3, 0.4) is 0 Å². The highest BCUT2D eigenvalue weighted by atomic mass is 32.2. The molecule has 3 aromatic rings. The third-order valence-corrected chi connectivity index (χ3v) is 6.73. The van der Waals surface area contributed by atoms with Gasteiger partial charge in [-0.1, -0.05) is 55.1 Å². The number of aryl methyl sites for hydroxylation is 2. The van der Waals surface area contributed by atoms with Crippen LogP contribution in [-0.2, 0) is 11.2 Å². The number of benzene rings is 2. The van der Waals surface area contributed by atoms with Crippen molar-refractivity contribution in [3.8, 4) is 0 Å². The Morgan fingerprint density at radius 3 is 2.36 bits per heavy atom. The van der Waals surface area contributed by atoms with E-state index < -0.39 is 11.9 Å². The summed E-state index contributed by atoms with van der Waals surface area (Å²) in [6.07, 6.45) is 0.901. The van der Waals surface area contributed by atoms with E-state index in [1.54, 1.807) is 12.1 Å². The van der Waals surface area contributed by atoms with E-state index in [-0.39, 0.29) is 17.5 Å². The highest BCUT2D eigenvalue weighted by Gasteiger charge is 2.21. The molecule has 0 fully saturated rings. The lowest BCUT2D eigenvalue weighted by molar-refractivity contribution is -0.119. The zero-order valence-electron chi connectivity index (χ0n) is 19.2. The van der Waals surface area contributed by atoms with Gasteiger partial charge in [0.05, 0.1) is 17.4 Å². The molecule has 1 unspecified atom stereocenters. The molecule has 0 aliphatic carbocycles. The summed E-state index contributed by atoms with van der Waals surface area (Å²) < 4.78 is 13.9. The zero-order chi connectivity index (χ0) is 24.1. The SMILES string of the molecule is CCc1ccc(C(NC(=O)CSc2nc(C)c(C)c(C)c2C(N)=O)c2cccc(F)c2)cc1. The number of carbonyl (C=O) groups excluding carboxylic acids is 2. The maximum Gasteiger partial charge on any atom is 0.251 e. The maximum absolute atomic E-state index is 13.9. The van der Waals surface area contributed by atoms with Crippen LogP contribution in [0.15, 0.2) is 53.6 Å². The molecule has 0 bridgehead atoms. The van der Waals surface area contributed by atoms with E-state index in [1.165, 1.54) is 17.7 Å². The number of pyridine rings is 1. The number of nitrogens with zero attached hydrogens (tertiary/aromatic N) is 1. The Hall–Kier alpha value is -3.19. The number of hydrogen-bond acceptors (Lipinski definition) is 4. The standard InChI is InChI=1S/C26H28FN3O2S/c1-5-18-9-11-19(12-10-18)24(20-7-6-8-21(27)13-20)30-22(31)14-33-26-23(25(28)32)16(3)15(2)17(4)29-26/h6-13,24H,5,14H2,1-4H3,(H2,28,32)(H,30,31). The first-order valence-corrected chi connectivity index (χ1v) is 11.7. The lowest BCUT2D eigenvalue weighted by atomic mass is 9.97. The van der Waals surface area contributed by atoms with Crippen LogP contribution in [0.4, 0.5) is 4.39 Å². The molecular weight excluding hydrogens is 437 g/mol. The van der Waals surface area contributed by atoms with Gasteiger partial charge in [0.25, 0.3) is 5.91 Å². The summed E-state index contributed by atoms with van der Waals surface area (Å²) in [5.41, 5.74) is 11.1. The molecule has 0 radical (unpaired) electrons. The van der Waals surface area contributed by atoms with Gasteiger partial charge in [0, 0.05) is 5.69 Å². The van der Waals surface area contributed by atoms with Gasteiger partial charge in [0.15, 0.2) is 0 Å². The molecule has 1 heterocycles. The van der Waals surface area contributed by atoms with Crippen LogP contribution in [0, 0.1) is 26.6 Å². The van der Waals surface area contributed by atoms with E-state index in [1.807, 2.05) is 45.0 Å². The first-order chi connectivity index (χ1) is 15.7. The minimum atomic E-state index is -0.570. The minimum absolute atomic E-state index is 0.0358. The van der Waals surface area contributed by atoms with Crippen LogP contribution in [0.1, 0.15) is 56.8 Å². The average molecular weight is 466 g/mol. The van der Waals surface area contributed by atoms with Gasteiger partial charge in [-0.05, 0) is 67.1 Å². The topological polar surface area (TPSA) is 85.1 Å². The number of hydrogen-bond donors (Lipinski definition) is 2. The van der Waals surface area contributed by atoms with Gasteiger partial charge in [0.1, 0.15) is 10.8 Å². The summed E-state index contributed by atoms with van der Waals surface area (Å²) in [5, 5.41) is 3.44. The lowest BCUT2D eigenvalue weighted by Gasteiger charge is -2.20. The van der Waals surface area contributed by atoms with Crippen molar-refractivity contribution in [1.82, 2.24) is 10.3 Å². The second kappa shape index (κ2) is 10.6. The molecule has 0 spiro atoms. The monoisotopic (exact) mass is 465 g/mol. The van der Waals surface area contributed by atoms with Crippen molar-refractivity contribution in [3.63, 3.8) is 0 Å². The Balaban J connectivity index is 1.84. The number of rotatable bonds is 8. The fourth-order valence-corrected chi connectivity index (χ4v) is 4.58. The second-order valence-corrected chi connectivity index (χ2v) is 8.90. The first kappa shape index (κ1) is 24.5. The normalized spacial score (nSPS) is 11.8. The highest BCUT2D eigenvalue weighted by molar-refractivity contribution is 8.00. The third-order valence-electron chi connectivity index (χ3n) is 5.76. The van der Waals surface area contributed by atoms with Crippen molar-refractivity contribution in [2.45, 2.75) is 45.2 Å². The molecule has 0 aliphatic heterocycles. The molecule has 0 saturated heterocycles. The Kier molecular flexibility index (Phi) is 7.87. The quantitative estimate of drug-likeness (QED) is 0.468. The van der Waals surface area contributed by atoms with Crippen molar-refractivity contribution in [3.05, 3.63) is 93.4 Å². The Bertz CT molecular complexity index is 1180. The molecule has 5 nitrogen and oxygen atoms in total. The molecule has 0 aliphatic rings. The van der Waals surface area contributed by atoms with Crippen LogP contribution >= 0.6 is 11.8 Å². The second-order valence-electron chi connectivity index (χ2n) is 7.93. The summed E-state index contributed by atoms with van der Waals surface area (Å²) >= 11 is 1.16. The Morgan fingerprint density at radius 1 is 1.06 bits per heavy atom. The Labute approximate surface area is 198 Å². The molecule has 2 amide bonds. The van der Waals surface area contributed by atoms with Gasteiger partial charge in [-0.25, -0.2) is 9.37 Å². The first-order valence-electron chi connectivity index (χ1n) is 10.7. The molecule has 2 aromatic carbocycles. The number of thioether (sulfide) groups is 1. The van der Waals surface area contributed by atoms with Crippen molar-refractivity contribution in [1.29, 1.82) is 0 Å². The van der Waals surface area contributed by atoms with E-state index in [9.17, 15) is 14.0 Å². The van der Waals surface area contributed by atoms with Crippen LogP contribution in [0.2, 0.25) is 0 Å². The van der Waals surface area contributed by atoms with E-state index in [0.717, 1.165) is 40.6 Å². The van der Waals surface area contributed by atoms with Crippen LogP contribution in [-0.4, -0.2) is 22.6 Å². The van der Waals surface area contributed by atoms with Gasteiger partial charge in [-0.2, -0.15) is 0 Å². The predicted octanol–water partition coefficient (Wildman–Crippen LogP) is 4.81. The number of nitrogens with one attached hydrogen (secondary N) is 1. The summed E-state index contributed by atoms with van der Waals surface area (Å²) in [5.74, 6) is -1.16. The van der Waals surface area contributed by atoms with E-state index in [4.69, 9.17) is 5.73 Å². The average Bonchev–Trinajstić information content (AvgIpc) is 2.79. The fourth-order valence-electron chi connectivity index (χ4n) is 3.63. The third kappa shape index (κ3) is 5.79. The van der Waals surface area contributed by atoms with Gasteiger partial charge >= 0.3 is 0 Å². The zero-order valence-corrected chi connectivity index (χ0v) is 20.1. The Morgan fingerprint density at radius 2 is 1.76 bits per heavy atom. The molecule has 33 heavy (non-hydrogen) atoms. The smallest absolute Gasteiger partial charge is 0.251 e. The molecule has 7 heteroatoms. The number of carbonyl (C=O) groups is 2. The molecule has 1 atom stereocenters.